The van der Waals surface area contributed by atoms with E-state index in [0.29, 0.717) is 0 Å². The lowest BCUT2D eigenvalue weighted by Gasteiger charge is -2.15. The Morgan fingerprint density at radius 2 is 2.11 bits per heavy atom. The third kappa shape index (κ3) is 3.90. The molecule has 0 aliphatic carbocycles. The summed E-state index contributed by atoms with van der Waals surface area (Å²) in [4.78, 5) is 11.0. The van der Waals surface area contributed by atoms with Crippen LogP contribution in [0.15, 0.2) is 23.1 Å². The van der Waals surface area contributed by atoms with Crippen LogP contribution < -0.4 is 0 Å². The molecule has 7 heteroatoms. The van der Waals surface area contributed by atoms with E-state index in [1.54, 1.807) is 0 Å². The quantitative estimate of drug-likeness (QED) is 0.681. The van der Waals surface area contributed by atoms with Crippen LogP contribution in [0.2, 0.25) is 0 Å². The average molecular weight is 299 g/mol. The van der Waals surface area contributed by atoms with Gasteiger partial charge in [0.1, 0.15) is 5.38 Å². The van der Waals surface area contributed by atoms with E-state index >= 15 is 0 Å². The van der Waals surface area contributed by atoms with Gasteiger partial charge in [0.25, 0.3) is 0 Å². The summed E-state index contributed by atoms with van der Waals surface area (Å²) in [6.45, 7) is 0.632. The first-order valence-electron chi connectivity index (χ1n) is 4.89. The van der Waals surface area contributed by atoms with Gasteiger partial charge in [0.15, 0.2) is 5.78 Å². The molecule has 0 amide bonds. The zero-order chi connectivity index (χ0) is 13.9. The SMILES string of the molecule is CC(=O)C(Cl)c1cccc(SC(F)(F)F)c1CO. The molecule has 2 nitrogen and oxygen atoms in total. The molecule has 1 unspecified atom stereocenters. The zero-order valence-electron chi connectivity index (χ0n) is 9.29. The number of benzene rings is 1. The van der Waals surface area contributed by atoms with E-state index in [2.05, 4.69) is 0 Å². The number of carbonyl (C=O) groups excluding carboxylic acids is 1. The Kier molecular flexibility index (Phi) is 5.07. The fourth-order valence-corrected chi connectivity index (χ4v) is 2.33. The lowest BCUT2D eigenvalue weighted by Crippen LogP contribution is -2.08. The number of Topliss-reactive ketones (excluding diaryl/α,β-unsaturated/α-hetero) is 1. The highest BCUT2D eigenvalue weighted by Crippen LogP contribution is 2.41. The summed E-state index contributed by atoms with van der Waals surface area (Å²) in [6.07, 6.45) is 0. The molecule has 100 valence electrons. The lowest BCUT2D eigenvalue weighted by molar-refractivity contribution is -0.116. The summed E-state index contributed by atoms with van der Waals surface area (Å²) in [7, 11) is 0. The number of hydrogen-bond acceptors (Lipinski definition) is 3. The van der Waals surface area contributed by atoms with Crippen LogP contribution in [0.1, 0.15) is 23.4 Å². The fraction of sp³-hybridized carbons (Fsp3) is 0.364. The second-order valence-electron chi connectivity index (χ2n) is 3.50. The van der Waals surface area contributed by atoms with Crippen molar-refractivity contribution in [1.82, 2.24) is 0 Å². The molecule has 1 aromatic rings. The average Bonchev–Trinajstić information content (AvgIpc) is 2.25. The summed E-state index contributed by atoms with van der Waals surface area (Å²) in [5, 5.41) is 8.12. The summed E-state index contributed by atoms with van der Waals surface area (Å²) < 4.78 is 37.0. The van der Waals surface area contributed by atoms with E-state index in [0.717, 1.165) is 0 Å². The third-order valence-electron chi connectivity index (χ3n) is 2.18. The molecule has 0 aliphatic heterocycles. The number of halogens is 4. The number of alkyl halides is 4. The minimum atomic E-state index is -4.46. The molecule has 0 aromatic heterocycles. The van der Waals surface area contributed by atoms with Gasteiger partial charge in [0.05, 0.1) is 6.61 Å². The Labute approximate surface area is 111 Å². The first-order chi connectivity index (χ1) is 8.26. The Morgan fingerprint density at radius 3 is 2.56 bits per heavy atom. The van der Waals surface area contributed by atoms with Gasteiger partial charge >= 0.3 is 5.51 Å². The Bertz CT molecular complexity index is 448. The van der Waals surface area contributed by atoms with Crippen molar-refractivity contribution in [3.8, 4) is 0 Å². The van der Waals surface area contributed by atoms with Crippen LogP contribution in [0.5, 0.6) is 0 Å². The van der Waals surface area contributed by atoms with Crippen molar-refractivity contribution < 1.29 is 23.1 Å². The second kappa shape index (κ2) is 5.95. The molecule has 18 heavy (non-hydrogen) atoms. The number of ketones is 1. The molecule has 1 atom stereocenters. The number of aliphatic hydroxyl groups is 1. The van der Waals surface area contributed by atoms with Crippen molar-refractivity contribution in [2.45, 2.75) is 29.3 Å². The number of thioether (sulfide) groups is 1. The zero-order valence-corrected chi connectivity index (χ0v) is 10.9. The molecule has 1 N–H and O–H groups in total. The topological polar surface area (TPSA) is 37.3 Å². The highest BCUT2D eigenvalue weighted by Gasteiger charge is 2.31. The Balaban J connectivity index is 3.22. The maximum atomic E-state index is 12.3. The molecule has 1 aromatic carbocycles. The molecule has 0 aliphatic rings. The molecule has 0 bridgehead atoms. The van der Waals surface area contributed by atoms with Gasteiger partial charge in [-0.2, -0.15) is 13.2 Å². The smallest absolute Gasteiger partial charge is 0.392 e. The predicted molar refractivity (Wildman–Crippen MR) is 63.6 cm³/mol. The maximum Gasteiger partial charge on any atom is 0.446 e. The van der Waals surface area contributed by atoms with Gasteiger partial charge in [-0.25, -0.2) is 0 Å². The second-order valence-corrected chi connectivity index (χ2v) is 5.05. The van der Waals surface area contributed by atoms with Gasteiger partial charge in [0, 0.05) is 4.90 Å². The minimum Gasteiger partial charge on any atom is -0.392 e. The molecule has 0 saturated heterocycles. The van der Waals surface area contributed by atoms with Crippen molar-refractivity contribution in [2.24, 2.45) is 0 Å². The number of hydrogen-bond donors (Lipinski definition) is 1. The standard InChI is InChI=1S/C11H10ClF3O2S/c1-6(17)10(12)7-3-2-4-9(8(7)5-16)18-11(13,14)15/h2-4,10,16H,5H2,1H3. The Morgan fingerprint density at radius 1 is 1.50 bits per heavy atom. The van der Waals surface area contributed by atoms with Crippen LogP contribution in [0.25, 0.3) is 0 Å². The molecule has 0 heterocycles. The largest absolute Gasteiger partial charge is 0.446 e. The molecular weight excluding hydrogens is 289 g/mol. The van der Waals surface area contributed by atoms with Crippen LogP contribution in [-0.4, -0.2) is 16.4 Å². The first kappa shape index (κ1) is 15.3. The van der Waals surface area contributed by atoms with Crippen LogP contribution in [0.4, 0.5) is 13.2 Å². The van der Waals surface area contributed by atoms with Crippen LogP contribution in [-0.2, 0) is 11.4 Å². The van der Waals surface area contributed by atoms with E-state index in [-0.39, 0.29) is 33.6 Å². The van der Waals surface area contributed by atoms with Crippen molar-refractivity contribution in [1.29, 1.82) is 0 Å². The van der Waals surface area contributed by atoms with Crippen molar-refractivity contribution in [2.75, 3.05) is 0 Å². The van der Waals surface area contributed by atoms with E-state index in [9.17, 15) is 23.1 Å². The molecular formula is C11H10ClF3O2S. The van der Waals surface area contributed by atoms with Gasteiger partial charge in [-0.1, -0.05) is 12.1 Å². The summed E-state index contributed by atoms with van der Waals surface area (Å²) >= 11 is 5.48. The summed E-state index contributed by atoms with van der Waals surface area (Å²) in [5.74, 6) is -0.388. The predicted octanol–water partition coefficient (Wildman–Crippen LogP) is 3.66. The van der Waals surface area contributed by atoms with E-state index in [1.165, 1.54) is 25.1 Å². The van der Waals surface area contributed by atoms with Gasteiger partial charge in [-0.15, -0.1) is 11.6 Å². The van der Waals surface area contributed by atoms with Crippen molar-refractivity contribution >= 4 is 29.1 Å². The number of aliphatic hydroxyl groups excluding tert-OH is 1. The van der Waals surface area contributed by atoms with E-state index < -0.39 is 17.5 Å². The summed E-state index contributed by atoms with van der Waals surface area (Å²) in [6, 6.07) is 4.04. The van der Waals surface area contributed by atoms with Gasteiger partial charge < -0.3 is 5.11 Å². The van der Waals surface area contributed by atoms with Crippen LogP contribution >= 0.6 is 23.4 Å². The highest BCUT2D eigenvalue weighted by atomic mass is 35.5. The molecule has 1 rings (SSSR count). The van der Waals surface area contributed by atoms with E-state index in [4.69, 9.17) is 11.6 Å². The van der Waals surface area contributed by atoms with Gasteiger partial charge in [-0.3, -0.25) is 4.79 Å². The third-order valence-corrected chi connectivity index (χ3v) is 3.56. The maximum absolute atomic E-state index is 12.3. The molecule has 0 saturated carbocycles. The fourth-order valence-electron chi connectivity index (χ4n) is 1.43. The highest BCUT2D eigenvalue weighted by molar-refractivity contribution is 8.00. The van der Waals surface area contributed by atoms with Gasteiger partial charge in [0.2, 0.25) is 0 Å². The van der Waals surface area contributed by atoms with Crippen molar-refractivity contribution in [3.63, 3.8) is 0 Å². The first-order valence-corrected chi connectivity index (χ1v) is 6.14. The molecule has 0 spiro atoms. The monoisotopic (exact) mass is 298 g/mol. The van der Waals surface area contributed by atoms with Crippen LogP contribution in [0, 0.1) is 0 Å². The number of rotatable bonds is 4. The van der Waals surface area contributed by atoms with Crippen molar-refractivity contribution in [3.05, 3.63) is 29.3 Å². The van der Waals surface area contributed by atoms with Gasteiger partial charge in [-0.05, 0) is 35.9 Å². The molecule has 0 fully saturated rings. The van der Waals surface area contributed by atoms with Crippen LogP contribution in [0.3, 0.4) is 0 Å². The lowest BCUT2D eigenvalue weighted by atomic mass is 10.0. The Hall–Kier alpha value is -0.720. The molecule has 0 radical (unpaired) electrons. The van der Waals surface area contributed by atoms with E-state index in [1.807, 2.05) is 0 Å². The number of carbonyl (C=O) groups is 1. The summed E-state index contributed by atoms with van der Waals surface area (Å²) in [5.41, 5.74) is -4.21. The minimum absolute atomic E-state index is 0.0371. The normalized spacial score (nSPS) is 13.4.